The summed E-state index contributed by atoms with van der Waals surface area (Å²) in [6.07, 6.45) is 0. The molecular formula is C34H37N4O5P3+2. The van der Waals surface area contributed by atoms with Crippen molar-refractivity contribution in [3.63, 3.8) is 0 Å². The molecule has 12 heteroatoms. The summed E-state index contributed by atoms with van der Waals surface area (Å²) in [6, 6.07) is 47.4. The number of nitrogens with zero attached hydrogens (tertiary/aromatic N) is 1. The van der Waals surface area contributed by atoms with Crippen molar-refractivity contribution >= 4 is 24.4 Å². The van der Waals surface area contributed by atoms with E-state index in [0.29, 0.717) is 44.7 Å². The smallest absolute Gasteiger partial charge is 0.492 e. The fourth-order valence-electron chi connectivity index (χ4n) is 4.10. The lowest BCUT2D eigenvalue weighted by Gasteiger charge is -2.29. The molecule has 0 aromatic heterocycles. The quantitative estimate of drug-likeness (QED) is 0.0662. The average molecular weight is 675 g/mol. The Morgan fingerprint density at radius 2 is 1.02 bits per heavy atom. The topological polar surface area (TPSA) is 109 Å². The van der Waals surface area contributed by atoms with Gasteiger partial charge in [0, 0.05) is 6.92 Å². The molecule has 5 aromatic carbocycles. The van der Waals surface area contributed by atoms with Crippen LogP contribution < -0.4 is 38.3 Å². The summed E-state index contributed by atoms with van der Waals surface area (Å²) in [5, 5.41) is 3.40. The molecule has 46 heavy (non-hydrogen) atoms. The van der Waals surface area contributed by atoms with Gasteiger partial charge in [0.15, 0.2) is 17.2 Å². The highest BCUT2D eigenvalue weighted by atomic mass is 31.3. The number of rotatable bonds is 17. The molecule has 0 spiro atoms. The minimum absolute atomic E-state index is 0.344. The first-order chi connectivity index (χ1) is 22.5. The fourth-order valence-corrected chi connectivity index (χ4v) is 10.4. The lowest BCUT2D eigenvalue weighted by atomic mass is 10.3. The summed E-state index contributed by atoms with van der Waals surface area (Å²) < 4.78 is 36.8. The van der Waals surface area contributed by atoms with E-state index >= 15 is 0 Å². The van der Waals surface area contributed by atoms with E-state index in [2.05, 4.69) is 9.95 Å². The molecule has 0 aliphatic rings. The monoisotopic (exact) mass is 674 g/mol. The van der Waals surface area contributed by atoms with Crippen LogP contribution >= 0.6 is 24.4 Å². The van der Waals surface area contributed by atoms with Crippen LogP contribution in [0.3, 0.4) is 0 Å². The summed E-state index contributed by atoms with van der Waals surface area (Å²) in [4.78, 5) is 3.55. The molecule has 0 aliphatic carbocycles. The van der Waals surface area contributed by atoms with Crippen LogP contribution in [0.4, 0.5) is 0 Å². The summed E-state index contributed by atoms with van der Waals surface area (Å²) in [5.41, 5.74) is 7.16. The van der Waals surface area contributed by atoms with Crippen molar-refractivity contribution in [3.8, 4) is 28.7 Å². The highest BCUT2D eigenvalue weighted by molar-refractivity contribution is 7.81. The summed E-state index contributed by atoms with van der Waals surface area (Å²) in [5.74, 6) is 2.62. The second kappa shape index (κ2) is 17.0. The predicted octanol–water partition coefficient (Wildman–Crippen LogP) is 9.35. The van der Waals surface area contributed by atoms with Crippen molar-refractivity contribution in [1.29, 1.82) is 0 Å². The first-order valence-corrected chi connectivity index (χ1v) is 18.9. The van der Waals surface area contributed by atoms with E-state index in [1.54, 1.807) is 0 Å². The zero-order valence-electron chi connectivity index (χ0n) is 25.3. The number of nitrogens with one attached hydrogen (secondary N) is 2. The molecule has 2 unspecified atom stereocenters. The normalized spacial score (nSPS) is 13.3. The third kappa shape index (κ3) is 10.2. The van der Waals surface area contributed by atoms with E-state index in [4.69, 9.17) is 33.1 Å². The van der Waals surface area contributed by atoms with Gasteiger partial charge in [0.25, 0.3) is 5.78 Å². The first kappa shape index (κ1) is 33.3. The first-order valence-electron chi connectivity index (χ1n) is 14.7. The van der Waals surface area contributed by atoms with Gasteiger partial charge in [-0.3, -0.25) is 13.6 Å². The SMILES string of the molecule is CC(N=POc1ccccc1)[P+](N[P+](N)(NCCOc1ccccc1)Oc1ccccc1)(Oc1ccccc1)Oc1ccccc1. The molecule has 9 nitrogen and oxygen atoms in total. The van der Waals surface area contributed by atoms with Crippen molar-refractivity contribution in [2.75, 3.05) is 13.2 Å². The zero-order valence-corrected chi connectivity index (χ0v) is 28.0. The second-order valence-corrected chi connectivity index (χ2v) is 15.4. The number of ether oxygens (including phenoxy) is 1. The Bertz CT molecular complexity index is 1570. The minimum atomic E-state index is -3.33. The lowest BCUT2D eigenvalue weighted by Crippen LogP contribution is -2.43. The Morgan fingerprint density at radius 3 is 1.50 bits per heavy atom. The van der Waals surface area contributed by atoms with E-state index in [9.17, 15) is 0 Å². The van der Waals surface area contributed by atoms with Crippen LogP contribution in [-0.4, -0.2) is 18.9 Å². The minimum Gasteiger partial charge on any atom is -0.492 e. The number of hydrogen-bond acceptors (Lipinski definition) is 9. The number of benzene rings is 5. The molecule has 2 atom stereocenters. The molecule has 0 heterocycles. The van der Waals surface area contributed by atoms with Gasteiger partial charge in [0.2, 0.25) is 8.60 Å². The molecule has 236 valence electrons. The van der Waals surface area contributed by atoms with Gasteiger partial charge in [-0.1, -0.05) is 91.0 Å². The highest BCUT2D eigenvalue weighted by Gasteiger charge is 2.64. The number of para-hydroxylation sites is 5. The van der Waals surface area contributed by atoms with Crippen LogP contribution in [0.5, 0.6) is 28.7 Å². The third-order valence-electron chi connectivity index (χ3n) is 6.31. The zero-order chi connectivity index (χ0) is 31.9. The van der Waals surface area contributed by atoms with Crippen LogP contribution in [0.15, 0.2) is 156 Å². The van der Waals surface area contributed by atoms with Gasteiger partial charge in [0.1, 0.15) is 18.1 Å². The lowest BCUT2D eigenvalue weighted by molar-refractivity contribution is 0.321. The Morgan fingerprint density at radius 1 is 0.609 bits per heavy atom. The van der Waals surface area contributed by atoms with Crippen LogP contribution in [-0.2, 0) is 0 Å². The molecule has 0 fully saturated rings. The predicted molar refractivity (Wildman–Crippen MR) is 188 cm³/mol. The fraction of sp³-hybridized carbons (Fsp3) is 0.118. The van der Waals surface area contributed by atoms with E-state index < -0.39 is 21.6 Å². The second-order valence-electron chi connectivity index (χ2n) is 9.87. The molecule has 4 N–H and O–H groups in total. The van der Waals surface area contributed by atoms with Crippen molar-refractivity contribution < 1.29 is 22.8 Å². The van der Waals surface area contributed by atoms with Gasteiger partial charge in [0.05, 0.1) is 11.4 Å². The van der Waals surface area contributed by atoms with E-state index in [1.165, 1.54) is 0 Å². The van der Waals surface area contributed by atoms with Gasteiger partial charge in [-0.15, -0.1) is 10.6 Å². The van der Waals surface area contributed by atoms with Gasteiger partial charge >= 0.3 is 15.8 Å². The summed E-state index contributed by atoms with van der Waals surface area (Å²) in [7, 11) is -6.20. The molecule has 0 amide bonds. The van der Waals surface area contributed by atoms with Crippen molar-refractivity contribution in [2.24, 2.45) is 10.2 Å². The molecule has 0 radical (unpaired) electrons. The molecule has 5 aromatic rings. The van der Waals surface area contributed by atoms with Gasteiger partial charge in [-0.2, -0.15) is 4.74 Å². The maximum Gasteiger partial charge on any atom is 0.497 e. The highest BCUT2D eigenvalue weighted by Crippen LogP contribution is 2.68. The maximum atomic E-state index is 7.16. The number of hydrogen-bond donors (Lipinski definition) is 3. The number of nitrogens with two attached hydrogens (primary N) is 1. The Balaban J connectivity index is 1.49. The Labute approximate surface area is 273 Å². The van der Waals surface area contributed by atoms with Crippen LogP contribution in [0.25, 0.3) is 0 Å². The standard InChI is InChI=1S/C34H37N4O5P3/c1-29(37-44-40-31-19-9-3-10-20-31)45(41-32-21-11-4-12-22-32,42-33-23-13-5-14-24-33)38-46(35,43-34-25-15-6-16-26-34)36-27-28-39-30-17-7-2-8-18-30/h2-26,29,36,38H,27-28,35H2,1H3/q+2. The average Bonchev–Trinajstić information content (AvgIpc) is 3.09. The van der Waals surface area contributed by atoms with Gasteiger partial charge in [-0.25, -0.2) is 0 Å². The molecular weight excluding hydrogens is 637 g/mol. The molecule has 0 aliphatic heterocycles. The molecule has 0 bridgehead atoms. The van der Waals surface area contributed by atoms with Crippen LogP contribution in [0, 0.1) is 0 Å². The molecule has 5 rings (SSSR count). The third-order valence-corrected chi connectivity index (χ3v) is 12.8. The van der Waals surface area contributed by atoms with Crippen LogP contribution in [0.2, 0.25) is 0 Å². The Kier molecular flexibility index (Phi) is 12.3. The van der Waals surface area contributed by atoms with E-state index in [-0.39, 0.29) is 0 Å². The largest absolute Gasteiger partial charge is 0.497 e. The van der Waals surface area contributed by atoms with Crippen molar-refractivity contribution in [2.45, 2.75) is 12.7 Å². The van der Waals surface area contributed by atoms with Gasteiger partial charge < -0.3 is 9.26 Å². The maximum absolute atomic E-state index is 7.16. The van der Waals surface area contributed by atoms with Crippen molar-refractivity contribution in [1.82, 2.24) is 9.95 Å². The van der Waals surface area contributed by atoms with E-state index in [0.717, 1.165) is 5.75 Å². The van der Waals surface area contributed by atoms with E-state index in [1.807, 2.05) is 159 Å². The van der Waals surface area contributed by atoms with Crippen molar-refractivity contribution in [3.05, 3.63) is 152 Å². The molecule has 0 saturated carbocycles. The Hall–Kier alpha value is -4.06. The van der Waals surface area contributed by atoms with Gasteiger partial charge in [-0.05, 0) is 60.7 Å². The summed E-state index contributed by atoms with van der Waals surface area (Å²) >= 11 is 0. The molecule has 0 saturated heterocycles. The summed E-state index contributed by atoms with van der Waals surface area (Å²) in [6.45, 7) is 2.63. The van der Waals surface area contributed by atoms with Crippen LogP contribution in [0.1, 0.15) is 6.92 Å².